The van der Waals surface area contributed by atoms with E-state index in [0.29, 0.717) is 6.42 Å². The summed E-state index contributed by atoms with van der Waals surface area (Å²) in [4.78, 5) is 35.7. The van der Waals surface area contributed by atoms with Crippen LogP contribution < -0.4 is 0 Å². The quantitative estimate of drug-likeness (QED) is 0.622. The maximum Gasteiger partial charge on any atom is 0.337 e. The van der Waals surface area contributed by atoms with E-state index in [-0.39, 0.29) is 30.0 Å². The van der Waals surface area contributed by atoms with Crippen LogP contribution in [0.5, 0.6) is 0 Å². The molecule has 5 nitrogen and oxygen atoms in total. The SMILES string of the molecule is CCCC(=O)[C@@H]1C(=O)CC(C)(C)C(C(=O)OC)=C1O. The average molecular weight is 268 g/mol. The van der Waals surface area contributed by atoms with Crippen LogP contribution in [0.2, 0.25) is 0 Å². The van der Waals surface area contributed by atoms with Crippen LogP contribution in [-0.2, 0) is 19.1 Å². The first-order chi connectivity index (χ1) is 8.76. The van der Waals surface area contributed by atoms with Crippen molar-refractivity contribution in [1.29, 1.82) is 0 Å². The predicted octanol–water partition coefficient (Wildman–Crippen LogP) is 1.96. The smallest absolute Gasteiger partial charge is 0.337 e. The molecule has 1 N–H and O–H groups in total. The minimum Gasteiger partial charge on any atom is -0.510 e. The third-order valence-corrected chi connectivity index (χ3v) is 3.35. The first kappa shape index (κ1) is 15.4. The van der Waals surface area contributed by atoms with E-state index < -0.39 is 23.1 Å². The maximum atomic E-state index is 12.0. The van der Waals surface area contributed by atoms with Crippen LogP contribution >= 0.6 is 0 Å². The first-order valence-electron chi connectivity index (χ1n) is 6.33. The van der Waals surface area contributed by atoms with Crippen LogP contribution in [0.15, 0.2) is 11.3 Å². The molecule has 0 aromatic rings. The van der Waals surface area contributed by atoms with Crippen molar-refractivity contribution < 1.29 is 24.2 Å². The Morgan fingerprint density at radius 1 is 1.42 bits per heavy atom. The third-order valence-electron chi connectivity index (χ3n) is 3.35. The molecule has 5 heteroatoms. The minimum absolute atomic E-state index is 0.0315. The molecule has 0 radical (unpaired) electrons. The van der Waals surface area contributed by atoms with Crippen LogP contribution in [0.25, 0.3) is 0 Å². The molecule has 1 aliphatic carbocycles. The van der Waals surface area contributed by atoms with Gasteiger partial charge in [0, 0.05) is 18.3 Å². The van der Waals surface area contributed by atoms with Crippen molar-refractivity contribution in [1.82, 2.24) is 0 Å². The van der Waals surface area contributed by atoms with E-state index in [1.165, 1.54) is 7.11 Å². The number of aliphatic hydroxyl groups excluding tert-OH is 1. The normalized spacial score (nSPS) is 22.3. The lowest BCUT2D eigenvalue weighted by molar-refractivity contribution is -0.139. The standard InChI is InChI=1S/C14H20O5/c1-5-6-8(15)10-9(16)7-14(2,3)11(12(10)17)13(18)19-4/h10,17H,5-7H2,1-4H3/t10-/m1/s1. The molecule has 1 rings (SSSR count). The second-order valence-corrected chi connectivity index (χ2v) is 5.43. The van der Waals surface area contributed by atoms with Crippen molar-refractivity contribution >= 4 is 17.5 Å². The number of methoxy groups -OCH3 is 1. The summed E-state index contributed by atoms with van der Waals surface area (Å²) in [7, 11) is 1.21. The molecule has 0 heterocycles. The van der Waals surface area contributed by atoms with Gasteiger partial charge in [-0.15, -0.1) is 0 Å². The number of carbonyl (C=O) groups is 3. The topological polar surface area (TPSA) is 80.7 Å². The summed E-state index contributed by atoms with van der Waals surface area (Å²) in [5.41, 5.74) is -0.791. The fourth-order valence-corrected chi connectivity index (χ4v) is 2.48. The Hall–Kier alpha value is -1.65. The molecule has 19 heavy (non-hydrogen) atoms. The molecule has 0 aromatic heterocycles. The van der Waals surface area contributed by atoms with E-state index in [0.717, 1.165) is 0 Å². The lowest BCUT2D eigenvalue weighted by Gasteiger charge is -2.33. The number of ketones is 2. The number of Topliss-reactive ketones (excluding diaryl/α,β-unsaturated/α-hetero) is 2. The number of rotatable bonds is 4. The van der Waals surface area contributed by atoms with E-state index in [1.54, 1.807) is 13.8 Å². The van der Waals surface area contributed by atoms with E-state index >= 15 is 0 Å². The number of ether oxygens (including phenoxy) is 1. The van der Waals surface area contributed by atoms with Crippen LogP contribution in [0.4, 0.5) is 0 Å². The summed E-state index contributed by atoms with van der Waals surface area (Å²) in [6, 6.07) is 0. The Balaban J connectivity index is 3.31. The summed E-state index contributed by atoms with van der Waals surface area (Å²) in [6.45, 7) is 5.17. The molecular formula is C14H20O5. The number of carbonyl (C=O) groups excluding carboxylic acids is 3. The fourth-order valence-electron chi connectivity index (χ4n) is 2.48. The molecular weight excluding hydrogens is 248 g/mol. The third kappa shape index (κ3) is 2.85. The van der Waals surface area contributed by atoms with Gasteiger partial charge in [0.15, 0.2) is 11.6 Å². The number of aliphatic hydroxyl groups is 1. The molecule has 0 unspecified atom stereocenters. The van der Waals surface area contributed by atoms with Gasteiger partial charge >= 0.3 is 5.97 Å². The molecule has 1 atom stereocenters. The summed E-state index contributed by atoms with van der Waals surface area (Å²) in [5.74, 6) is -3.02. The van der Waals surface area contributed by atoms with Crippen molar-refractivity contribution in [3.63, 3.8) is 0 Å². The maximum absolute atomic E-state index is 12.0. The second kappa shape index (κ2) is 5.55. The molecule has 0 aromatic carbocycles. The number of hydrogen-bond donors (Lipinski definition) is 1. The Bertz CT molecular complexity index is 445. The molecule has 0 aliphatic heterocycles. The van der Waals surface area contributed by atoms with Crippen LogP contribution in [0, 0.1) is 11.3 Å². The van der Waals surface area contributed by atoms with Crippen molar-refractivity contribution in [2.45, 2.75) is 40.0 Å². The van der Waals surface area contributed by atoms with Crippen LogP contribution in [0.3, 0.4) is 0 Å². The molecule has 0 spiro atoms. The molecule has 0 amide bonds. The highest BCUT2D eigenvalue weighted by Gasteiger charge is 2.46. The van der Waals surface area contributed by atoms with E-state index in [1.807, 2.05) is 6.92 Å². The Morgan fingerprint density at radius 2 is 2.00 bits per heavy atom. The van der Waals surface area contributed by atoms with Gasteiger partial charge < -0.3 is 9.84 Å². The lowest BCUT2D eigenvalue weighted by atomic mass is 9.69. The van der Waals surface area contributed by atoms with Crippen molar-refractivity contribution in [3.05, 3.63) is 11.3 Å². The average Bonchev–Trinajstić information content (AvgIpc) is 2.26. The van der Waals surface area contributed by atoms with Gasteiger partial charge in [-0.25, -0.2) is 4.79 Å². The van der Waals surface area contributed by atoms with Crippen LogP contribution in [-0.4, -0.2) is 29.8 Å². The minimum atomic E-state index is -1.21. The van der Waals surface area contributed by atoms with Crippen molar-refractivity contribution in [2.75, 3.05) is 7.11 Å². The Kier molecular flexibility index (Phi) is 4.50. The Morgan fingerprint density at radius 3 is 2.47 bits per heavy atom. The summed E-state index contributed by atoms with van der Waals surface area (Å²) in [6.07, 6.45) is 0.837. The van der Waals surface area contributed by atoms with Gasteiger partial charge in [-0.1, -0.05) is 20.8 Å². The van der Waals surface area contributed by atoms with Gasteiger partial charge in [0.1, 0.15) is 11.7 Å². The van der Waals surface area contributed by atoms with Crippen LogP contribution in [0.1, 0.15) is 40.0 Å². The van der Waals surface area contributed by atoms with Gasteiger partial charge in [-0.2, -0.15) is 0 Å². The van der Waals surface area contributed by atoms with Gasteiger partial charge in [0.2, 0.25) is 0 Å². The number of hydrogen-bond acceptors (Lipinski definition) is 5. The van der Waals surface area contributed by atoms with Crippen molar-refractivity contribution in [3.8, 4) is 0 Å². The summed E-state index contributed by atoms with van der Waals surface area (Å²) < 4.78 is 4.64. The fraction of sp³-hybridized carbons (Fsp3) is 0.643. The number of esters is 1. The highest BCUT2D eigenvalue weighted by Crippen LogP contribution is 2.41. The molecule has 1 aliphatic rings. The lowest BCUT2D eigenvalue weighted by Crippen LogP contribution is -2.40. The van der Waals surface area contributed by atoms with E-state index in [9.17, 15) is 19.5 Å². The highest BCUT2D eigenvalue weighted by atomic mass is 16.5. The predicted molar refractivity (Wildman–Crippen MR) is 68.5 cm³/mol. The molecule has 0 bridgehead atoms. The van der Waals surface area contributed by atoms with Gasteiger partial charge in [0.05, 0.1) is 12.7 Å². The zero-order valence-electron chi connectivity index (χ0n) is 11.8. The molecule has 106 valence electrons. The summed E-state index contributed by atoms with van der Waals surface area (Å²) in [5, 5.41) is 10.2. The van der Waals surface area contributed by atoms with Gasteiger partial charge in [0.25, 0.3) is 0 Å². The van der Waals surface area contributed by atoms with Crippen molar-refractivity contribution in [2.24, 2.45) is 11.3 Å². The monoisotopic (exact) mass is 268 g/mol. The van der Waals surface area contributed by atoms with Gasteiger partial charge in [-0.05, 0) is 6.42 Å². The summed E-state index contributed by atoms with van der Waals surface area (Å²) >= 11 is 0. The zero-order chi connectivity index (χ0) is 14.8. The highest BCUT2D eigenvalue weighted by molar-refractivity contribution is 6.08. The first-order valence-corrected chi connectivity index (χ1v) is 6.33. The van der Waals surface area contributed by atoms with E-state index in [4.69, 9.17) is 0 Å². The van der Waals surface area contributed by atoms with Gasteiger partial charge in [-0.3, -0.25) is 9.59 Å². The molecule has 0 saturated heterocycles. The Labute approximate surface area is 112 Å². The number of allylic oxidation sites excluding steroid dienone is 1. The molecule has 0 saturated carbocycles. The zero-order valence-corrected chi connectivity index (χ0v) is 11.8. The largest absolute Gasteiger partial charge is 0.510 e. The molecule has 0 fully saturated rings. The van der Waals surface area contributed by atoms with E-state index in [2.05, 4.69) is 4.74 Å². The second-order valence-electron chi connectivity index (χ2n) is 5.43.